The third-order valence-corrected chi connectivity index (χ3v) is 3.58. The van der Waals surface area contributed by atoms with E-state index in [2.05, 4.69) is 10.9 Å². The predicted molar refractivity (Wildman–Crippen MR) is 101 cm³/mol. The van der Waals surface area contributed by atoms with Gasteiger partial charge in [0.05, 0.1) is 28.1 Å². The summed E-state index contributed by atoms with van der Waals surface area (Å²) in [6.45, 7) is 4.53. The fourth-order valence-corrected chi connectivity index (χ4v) is 2.16. The van der Waals surface area contributed by atoms with Gasteiger partial charge in [-0.2, -0.15) is 0 Å². The van der Waals surface area contributed by atoms with Gasteiger partial charge in [0, 0.05) is 17.7 Å². The van der Waals surface area contributed by atoms with Crippen LogP contribution in [0.3, 0.4) is 0 Å². The van der Waals surface area contributed by atoms with Gasteiger partial charge in [0.25, 0.3) is 23.2 Å². The Kier molecular flexibility index (Phi) is 6.80. The molecule has 0 saturated heterocycles. The highest BCUT2D eigenvalue weighted by Crippen LogP contribution is 2.22. The Morgan fingerprint density at radius 2 is 1.38 bits per heavy atom. The number of hydrogen-bond donors (Lipinski definition) is 2. The van der Waals surface area contributed by atoms with E-state index in [9.17, 15) is 29.8 Å². The highest BCUT2D eigenvalue weighted by Gasteiger charge is 2.20. The second-order valence-electron chi connectivity index (χ2n) is 6.39. The summed E-state index contributed by atoms with van der Waals surface area (Å²) in [5, 5.41) is 21.8. The van der Waals surface area contributed by atoms with E-state index < -0.39 is 33.0 Å². The lowest BCUT2D eigenvalue weighted by Crippen LogP contribution is -2.41. The Bertz CT molecular complexity index is 909. The number of amides is 2. The molecular formula is C18H18N4O7. The lowest BCUT2D eigenvalue weighted by molar-refractivity contribution is -0.394. The molecule has 11 heteroatoms. The lowest BCUT2D eigenvalue weighted by Gasteiger charge is -2.10. The normalized spacial score (nSPS) is 10.3. The average Bonchev–Trinajstić information content (AvgIpc) is 2.70. The van der Waals surface area contributed by atoms with Gasteiger partial charge < -0.3 is 4.74 Å². The van der Waals surface area contributed by atoms with Crippen molar-refractivity contribution < 1.29 is 24.2 Å². The van der Waals surface area contributed by atoms with Crippen LogP contribution >= 0.6 is 0 Å². The Hall–Kier alpha value is -4.02. The number of carbonyl (C=O) groups excluding carboxylic acids is 2. The maximum absolute atomic E-state index is 12.1. The standard InChI is InChI=1S/C18H18N4O7/c1-11(2)10-29-16-5-3-12(4-6-16)17(23)19-20-18(24)13-7-14(21(25)26)9-15(8-13)22(27)28/h3-9,11H,10H2,1-2H3,(H,19,23)(H,20,24). The molecule has 0 aliphatic heterocycles. The Morgan fingerprint density at radius 1 is 0.897 bits per heavy atom. The monoisotopic (exact) mass is 402 g/mol. The van der Waals surface area contributed by atoms with Crippen LogP contribution in [0, 0.1) is 26.1 Å². The molecule has 0 aromatic heterocycles. The van der Waals surface area contributed by atoms with E-state index in [1.807, 2.05) is 13.8 Å². The summed E-state index contributed by atoms with van der Waals surface area (Å²) in [5.74, 6) is -0.656. The molecule has 11 nitrogen and oxygen atoms in total. The summed E-state index contributed by atoms with van der Waals surface area (Å²) in [6.07, 6.45) is 0. The summed E-state index contributed by atoms with van der Waals surface area (Å²) in [7, 11) is 0. The predicted octanol–water partition coefficient (Wildman–Crippen LogP) is 2.61. The third kappa shape index (κ3) is 5.99. The van der Waals surface area contributed by atoms with Gasteiger partial charge in [0.1, 0.15) is 5.75 Å². The lowest BCUT2D eigenvalue weighted by atomic mass is 10.1. The summed E-state index contributed by atoms with van der Waals surface area (Å²) in [4.78, 5) is 44.3. The highest BCUT2D eigenvalue weighted by atomic mass is 16.6. The van der Waals surface area contributed by atoms with Crippen molar-refractivity contribution >= 4 is 23.2 Å². The number of hydrogen-bond acceptors (Lipinski definition) is 7. The van der Waals surface area contributed by atoms with Crippen LogP contribution < -0.4 is 15.6 Å². The molecule has 0 radical (unpaired) electrons. The zero-order valence-electron chi connectivity index (χ0n) is 15.6. The number of nitro groups is 2. The largest absolute Gasteiger partial charge is 0.493 e. The van der Waals surface area contributed by atoms with E-state index in [1.165, 1.54) is 12.1 Å². The molecule has 152 valence electrons. The first kappa shape index (κ1) is 21.3. The number of benzene rings is 2. The van der Waals surface area contributed by atoms with E-state index >= 15 is 0 Å². The first-order valence-electron chi connectivity index (χ1n) is 8.44. The zero-order valence-corrected chi connectivity index (χ0v) is 15.6. The fourth-order valence-electron chi connectivity index (χ4n) is 2.16. The molecule has 0 atom stereocenters. The molecule has 2 rings (SSSR count). The number of nitrogens with one attached hydrogen (secondary N) is 2. The molecule has 29 heavy (non-hydrogen) atoms. The van der Waals surface area contributed by atoms with Crippen LogP contribution in [0.5, 0.6) is 5.75 Å². The van der Waals surface area contributed by atoms with E-state index in [0.717, 1.165) is 18.2 Å². The molecule has 0 bridgehead atoms. The summed E-state index contributed by atoms with van der Waals surface area (Å²) in [5.41, 5.74) is 2.86. The van der Waals surface area contributed by atoms with Crippen LogP contribution in [0.2, 0.25) is 0 Å². The highest BCUT2D eigenvalue weighted by molar-refractivity contribution is 5.99. The van der Waals surface area contributed by atoms with Crippen molar-refractivity contribution in [2.45, 2.75) is 13.8 Å². The number of nitrogens with zero attached hydrogens (tertiary/aromatic N) is 2. The van der Waals surface area contributed by atoms with Gasteiger partial charge in [-0.15, -0.1) is 0 Å². The Balaban J connectivity index is 2.04. The van der Waals surface area contributed by atoms with Crippen LogP contribution in [0.1, 0.15) is 34.6 Å². The van der Waals surface area contributed by atoms with Gasteiger partial charge in [-0.05, 0) is 30.2 Å². The quantitative estimate of drug-likeness (QED) is 0.533. The molecule has 2 aromatic carbocycles. The van der Waals surface area contributed by atoms with E-state index in [-0.39, 0.29) is 11.1 Å². The van der Waals surface area contributed by atoms with E-state index in [0.29, 0.717) is 18.3 Å². The molecule has 0 saturated carbocycles. The molecule has 0 fully saturated rings. The number of rotatable bonds is 7. The summed E-state index contributed by atoms with van der Waals surface area (Å²) < 4.78 is 5.51. The fraction of sp³-hybridized carbons (Fsp3) is 0.222. The van der Waals surface area contributed by atoms with Crippen molar-refractivity contribution in [2.75, 3.05) is 6.61 Å². The summed E-state index contributed by atoms with van der Waals surface area (Å²) >= 11 is 0. The number of nitro benzene ring substituents is 2. The maximum atomic E-state index is 12.1. The van der Waals surface area contributed by atoms with Crippen molar-refractivity contribution in [1.29, 1.82) is 0 Å². The molecule has 2 N–H and O–H groups in total. The van der Waals surface area contributed by atoms with Crippen LogP contribution in [0.15, 0.2) is 42.5 Å². The smallest absolute Gasteiger partial charge is 0.277 e. The first-order valence-corrected chi connectivity index (χ1v) is 8.44. The zero-order chi connectivity index (χ0) is 21.6. The average molecular weight is 402 g/mol. The molecule has 0 heterocycles. The minimum Gasteiger partial charge on any atom is -0.493 e. The maximum Gasteiger partial charge on any atom is 0.277 e. The Labute approximate surface area is 164 Å². The van der Waals surface area contributed by atoms with E-state index in [1.54, 1.807) is 12.1 Å². The molecule has 0 unspecified atom stereocenters. The SMILES string of the molecule is CC(C)COc1ccc(C(=O)NNC(=O)c2cc([N+](=O)[O-])cc([N+](=O)[O-])c2)cc1. The van der Waals surface area contributed by atoms with Crippen LogP contribution in [-0.4, -0.2) is 28.3 Å². The van der Waals surface area contributed by atoms with Crippen molar-refractivity contribution in [2.24, 2.45) is 5.92 Å². The molecule has 0 aliphatic carbocycles. The van der Waals surface area contributed by atoms with Gasteiger partial charge in [0.2, 0.25) is 0 Å². The van der Waals surface area contributed by atoms with E-state index in [4.69, 9.17) is 4.74 Å². The van der Waals surface area contributed by atoms with Crippen molar-refractivity contribution in [1.82, 2.24) is 10.9 Å². The van der Waals surface area contributed by atoms with Crippen LogP contribution in [0.25, 0.3) is 0 Å². The second kappa shape index (κ2) is 9.26. The molecule has 2 aromatic rings. The van der Waals surface area contributed by atoms with Gasteiger partial charge >= 0.3 is 0 Å². The third-order valence-electron chi connectivity index (χ3n) is 3.58. The van der Waals surface area contributed by atoms with Gasteiger partial charge in [0.15, 0.2) is 0 Å². The van der Waals surface area contributed by atoms with Gasteiger partial charge in [-0.3, -0.25) is 40.7 Å². The molecule has 0 spiro atoms. The van der Waals surface area contributed by atoms with Crippen molar-refractivity contribution in [3.63, 3.8) is 0 Å². The minimum absolute atomic E-state index is 0.229. The van der Waals surface area contributed by atoms with Crippen molar-refractivity contribution in [3.05, 3.63) is 73.8 Å². The van der Waals surface area contributed by atoms with Crippen LogP contribution in [-0.2, 0) is 0 Å². The van der Waals surface area contributed by atoms with Crippen molar-refractivity contribution in [3.8, 4) is 5.75 Å². The summed E-state index contributed by atoms with van der Waals surface area (Å²) in [6, 6.07) is 8.67. The minimum atomic E-state index is -0.943. The molecule has 2 amide bonds. The molecular weight excluding hydrogens is 384 g/mol. The van der Waals surface area contributed by atoms with Gasteiger partial charge in [-0.1, -0.05) is 13.8 Å². The topological polar surface area (TPSA) is 154 Å². The number of ether oxygens (including phenoxy) is 1. The van der Waals surface area contributed by atoms with Crippen LogP contribution in [0.4, 0.5) is 11.4 Å². The second-order valence-corrected chi connectivity index (χ2v) is 6.39. The Morgan fingerprint density at radius 3 is 1.83 bits per heavy atom. The van der Waals surface area contributed by atoms with Gasteiger partial charge in [-0.25, -0.2) is 0 Å². The number of non-ortho nitro benzene ring substituents is 2. The number of hydrazine groups is 1. The molecule has 0 aliphatic rings. The first-order chi connectivity index (χ1) is 13.7. The number of carbonyl (C=O) groups is 2.